The van der Waals surface area contributed by atoms with Crippen molar-refractivity contribution in [1.82, 2.24) is 5.32 Å². The van der Waals surface area contributed by atoms with Crippen LogP contribution in [0.25, 0.3) is 0 Å². The summed E-state index contributed by atoms with van der Waals surface area (Å²) in [5, 5.41) is 3.39. The van der Waals surface area contributed by atoms with Crippen LogP contribution >= 0.6 is 0 Å². The molecule has 92 valence electrons. The summed E-state index contributed by atoms with van der Waals surface area (Å²) >= 11 is 0. The van der Waals surface area contributed by atoms with Crippen molar-refractivity contribution in [1.29, 1.82) is 0 Å². The van der Waals surface area contributed by atoms with E-state index in [0.29, 0.717) is 17.5 Å². The summed E-state index contributed by atoms with van der Waals surface area (Å²) in [5.74, 6) is 6.91. The number of sulfone groups is 1. The van der Waals surface area contributed by atoms with Gasteiger partial charge in [-0.1, -0.05) is 6.92 Å². The molecule has 0 spiro atoms. The maximum atomic E-state index is 11.4. The topological polar surface area (TPSA) is 46.2 Å². The standard InChI is InChI=1S/C12H21NO2S/c1-3-5-6-7-12(13-4-2)11-8-9-16(14,15)10-11/h11-13H,4,6-10H2,1-2H3. The average molecular weight is 243 g/mol. The van der Waals surface area contributed by atoms with E-state index >= 15 is 0 Å². The molecule has 0 radical (unpaired) electrons. The molecule has 4 heteroatoms. The Bertz CT molecular complexity index is 364. The van der Waals surface area contributed by atoms with E-state index in [1.54, 1.807) is 0 Å². The molecule has 1 fully saturated rings. The smallest absolute Gasteiger partial charge is 0.150 e. The fraction of sp³-hybridized carbons (Fsp3) is 0.833. The highest BCUT2D eigenvalue weighted by Crippen LogP contribution is 2.24. The molecule has 2 unspecified atom stereocenters. The molecule has 3 nitrogen and oxygen atoms in total. The summed E-state index contributed by atoms with van der Waals surface area (Å²) < 4.78 is 22.8. The number of hydrogen-bond donors (Lipinski definition) is 1. The minimum absolute atomic E-state index is 0.281. The fourth-order valence-electron chi connectivity index (χ4n) is 2.26. The highest BCUT2D eigenvalue weighted by Gasteiger charge is 2.32. The Morgan fingerprint density at radius 1 is 1.50 bits per heavy atom. The third-order valence-corrected chi connectivity index (χ3v) is 4.85. The molecule has 0 aromatic carbocycles. The molecule has 1 rings (SSSR count). The molecule has 16 heavy (non-hydrogen) atoms. The van der Waals surface area contributed by atoms with Crippen molar-refractivity contribution < 1.29 is 8.42 Å². The Morgan fingerprint density at radius 3 is 2.75 bits per heavy atom. The van der Waals surface area contributed by atoms with Crippen LogP contribution in [0.3, 0.4) is 0 Å². The van der Waals surface area contributed by atoms with E-state index in [1.165, 1.54) is 0 Å². The minimum atomic E-state index is -2.77. The van der Waals surface area contributed by atoms with Gasteiger partial charge in [0.15, 0.2) is 9.84 Å². The molecule has 1 N–H and O–H groups in total. The Balaban J connectivity index is 2.52. The monoisotopic (exact) mass is 243 g/mol. The lowest BCUT2D eigenvalue weighted by Crippen LogP contribution is -2.36. The number of rotatable bonds is 5. The van der Waals surface area contributed by atoms with Crippen molar-refractivity contribution in [2.24, 2.45) is 5.92 Å². The molecule has 1 heterocycles. The van der Waals surface area contributed by atoms with Gasteiger partial charge in [0.1, 0.15) is 0 Å². The predicted octanol–water partition coefficient (Wildman–Crippen LogP) is 1.20. The van der Waals surface area contributed by atoms with Crippen LogP contribution in [0.5, 0.6) is 0 Å². The first-order chi connectivity index (χ1) is 7.59. The average Bonchev–Trinajstić information content (AvgIpc) is 2.58. The summed E-state index contributed by atoms with van der Waals surface area (Å²) in [6.45, 7) is 4.78. The van der Waals surface area contributed by atoms with E-state index in [4.69, 9.17) is 0 Å². The lowest BCUT2D eigenvalue weighted by molar-refractivity contribution is 0.371. The summed E-state index contributed by atoms with van der Waals surface area (Å²) in [6.07, 6.45) is 2.61. The molecule has 1 aliphatic heterocycles. The molecule has 0 aliphatic carbocycles. The van der Waals surface area contributed by atoms with Gasteiger partial charge in [0.05, 0.1) is 11.5 Å². The third-order valence-electron chi connectivity index (χ3n) is 3.06. The van der Waals surface area contributed by atoms with Gasteiger partial charge in [-0.05, 0) is 32.2 Å². The molecule has 0 saturated carbocycles. The maximum absolute atomic E-state index is 11.4. The van der Waals surface area contributed by atoms with Crippen LogP contribution in [0, 0.1) is 17.8 Å². The molecule has 2 atom stereocenters. The van der Waals surface area contributed by atoms with Crippen molar-refractivity contribution in [2.75, 3.05) is 18.1 Å². The highest BCUT2D eigenvalue weighted by atomic mass is 32.2. The van der Waals surface area contributed by atoms with Crippen LogP contribution in [-0.4, -0.2) is 32.5 Å². The molecule has 0 amide bonds. The Hall–Kier alpha value is -0.530. The van der Waals surface area contributed by atoms with Crippen LogP contribution in [0.15, 0.2) is 0 Å². The summed E-state index contributed by atoms with van der Waals surface area (Å²) in [4.78, 5) is 0. The predicted molar refractivity (Wildman–Crippen MR) is 66.9 cm³/mol. The minimum Gasteiger partial charge on any atom is -0.314 e. The Morgan fingerprint density at radius 2 is 2.25 bits per heavy atom. The van der Waals surface area contributed by atoms with Crippen LogP contribution in [-0.2, 0) is 9.84 Å². The number of nitrogens with one attached hydrogen (secondary N) is 1. The second kappa shape index (κ2) is 6.27. The molecular weight excluding hydrogens is 222 g/mol. The lowest BCUT2D eigenvalue weighted by atomic mass is 9.95. The first kappa shape index (κ1) is 13.5. The fourth-order valence-corrected chi connectivity index (χ4v) is 4.14. The highest BCUT2D eigenvalue weighted by molar-refractivity contribution is 7.91. The molecule has 1 aliphatic rings. The summed E-state index contributed by atoms with van der Waals surface area (Å²) in [5.41, 5.74) is 0. The van der Waals surface area contributed by atoms with Gasteiger partial charge in [0.25, 0.3) is 0 Å². The first-order valence-electron chi connectivity index (χ1n) is 5.92. The van der Waals surface area contributed by atoms with E-state index in [1.807, 2.05) is 6.92 Å². The van der Waals surface area contributed by atoms with Crippen molar-refractivity contribution in [3.05, 3.63) is 0 Å². The molecule has 1 saturated heterocycles. The molecular formula is C12H21NO2S. The normalized spacial score (nSPS) is 24.8. The van der Waals surface area contributed by atoms with Crippen molar-refractivity contribution in [3.8, 4) is 11.8 Å². The van der Waals surface area contributed by atoms with Gasteiger partial charge >= 0.3 is 0 Å². The third kappa shape index (κ3) is 4.15. The van der Waals surface area contributed by atoms with E-state index < -0.39 is 9.84 Å². The van der Waals surface area contributed by atoms with Crippen LogP contribution in [0.2, 0.25) is 0 Å². The van der Waals surface area contributed by atoms with Gasteiger partial charge in [-0.15, -0.1) is 11.8 Å². The molecule has 0 aromatic heterocycles. The Kier molecular flexibility index (Phi) is 5.30. The van der Waals surface area contributed by atoms with E-state index in [0.717, 1.165) is 25.8 Å². The van der Waals surface area contributed by atoms with Crippen molar-refractivity contribution in [2.45, 2.75) is 39.2 Å². The maximum Gasteiger partial charge on any atom is 0.150 e. The second-order valence-electron chi connectivity index (χ2n) is 4.29. The molecule has 0 bridgehead atoms. The van der Waals surface area contributed by atoms with Crippen molar-refractivity contribution >= 4 is 9.84 Å². The van der Waals surface area contributed by atoms with Gasteiger partial charge in [-0.3, -0.25) is 0 Å². The van der Waals surface area contributed by atoms with Gasteiger partial charge in [0.2, 0.25) is 0 Å². The summed E-state index contributed by atoms with van der Waals surface area (Å²) in [7, 11) is -2.77. The van der Waals surface area contributed by atoms with Crippen LogP contribution < -0.4 is 5.32 Å². The van der Waals surface area contributed by atoms with Gasteiger partial charge in [0, 0.05) is 12.5 Å². The zero-order valence-electron chi connectivity index (χ0n) is 10.1. The summed E-state index contributed by atoms with van der Waals surface area (Å²) in [6, 6.07) is 0.308. The zero-order chi connectivity index (χ0) is 12.0. The Labute approximate surface area is 98.9 Å². The SMILES string of the molecule is CC#CCCC(NCC)C1CCS(=O)(=O)C1. The quantitative estimate of drug-likeness (QED) is 0.738. The van der Waals surface area contributed by atoms with Gasteiger partial charge in [-0.2, -0.15) is 0 Å². The van der Waals surface area contributed by atoms with E-state index in [2.05, 4.69) is 24.1 Å². The lowest BCUT2D eigenvalue weighted by Gasteiger charge is -2.22. The van der Waals surface area contributed by atoms with Crippen LogP contribution in [0.4, 0.5) is 0 Å². The zero-order valence-corrected chi connectivity index (χ0v) is 10.9. The van der Waals surface area contributed by atoms with Gasteiger partial charge < -0.3 is 5.32 Å². The van der Waals surface area contributed by atoms with Crippen LogP contribution in [0.1, 0.15) is 33.1 Å². The largest absolute Gasteiger partial charge is 0.314 e. The van der Waals surface area contributed by atoms with Crippen molar-refractivity contribution in [3.63, 3.8) is 0 Å². The van der Waals surface area contributed by atoms with E-state index in [-0.39, 0.29) is 5.92 Å². The number of hydrogen-bond acceptors (Lipinski definition) is 3. The first-order valence-corrected chi connectivity index (χ1v) is 7.74. The van der Waals surface area contributed by atoms with Gasteiger partial charge in [-0.25, -0.2) is 8.42 Å². The second-order valence-corrected chi connectivity index (χ2v) is 6.52. The molecule has 0 aromatic rings. The van der Waals surface area contributed by atoms with E-state index in [9.17, 15) is 8.42 Å².